The summed E-state index contributed by atoms with van der Waals surface area (Å²) in [4.78, 5) is 23.4. The maximum atomic E-state index is 10.8. The summed E-state index contributed by atoms with van der Waals surface area (Å²) in [6, 6.07) is 0. The van der Waals surface area contributed by atoms with Crippen LogP contribution in [0.25, 0.3) is 0 Å². The highest BCUT2D eigenvalue weighted by molar-refractivity contribution is 5.94. The lowest BCUT2D eigenvalue weighted by molar-refractivity contribution is -0.135. The summed E-state index contributed by atoms with van der Waals surface area (Å²) in [7, 11) is 0. The van der Waals surface area contributed by atoms with E-state index in [0.29, 0.717) is 13.0 Å². The molecule has 1 saturated heterocycles. The molecule has 0 saturated carbocycles. The number of halogens is 1. The molecular formula is C11H18ClNO4. The second-order valence-electron chi connectivity index (χ2n) is 3.97. The first-order chi connectivity index (χ1) is 7.59. The Morgan fingerprint density at radius 1 is 1.12 bits per heavy atom. The van der Waals surface area contributed by atoms with Crippen molar-refractivity contribution in [2.45, 2.75) is 25.7 Å². The third-order valence-corrected chi connectivity index (χ3v) is 2.72. The van der Waals surface area contributed by atoms with E-state index in [1.165, 1.54) is 6.42 Å². The van der Waals surface area contributed by atoms with Crippen molar-refractivity contribution in [2.24, 2.45) is 0 Å². The first kappa shape index (κ1) is 15.9. The van der Waals surface area contributed by atoms with Gasteiger partial charge in [-0.3, -0.25) is 0 Å². The lowest BCUT2D eigenvalue weighted by Crippen LogP contribution is -2.31. The molecule has 1 heterocycles. The van der Waals surface area contributed by atoms with Crippen LogP contribution in [-0.2, 0) is 9.59 Å². The molecule has 6 heteroatoms. The zero-order chi connectivity index (χ0) is 12.0. The maximum absolute atomic E-state index is 10.8. The second kappa shape index (κ2) is 8.08. The summed E-state index contributed by atoms with van der Waals surface area (Å²) in [5.41, 5.74) is -0.0296. The number of carboxylic acids is 2. The van der Waals surface area contributed by atoms with E-state index in [0.717, 1.165) is 32.0 Å². The number of rotatable bonds is 5. The zero-order valence-corrected chi connectivity index (χ0v) is 10.4. The molecule has 1 fully saturated rings. The van der Waals surface area contributed by atoms with Gasteiger partial charge in [-0.25, -0.2) is 9.59 Å². The van der Waals surface area contributed by atoms with E-state index in [1.54, 1.807) is 0 Å². The fourth-order valence-corrected chi connectivity index (χ4v) is 1.85. The summed E-state index contributed by atoms with van der Waals surface area (Å²) in [6.45, 7) is 2.60. The molecule has 1 rings (SSSR count). The Balaban J connectivity index is 0.00000256. The van der Waals surface area contributed by atoms with E-state index in [9.17, 15) is 9.59 Å². The van der Waals surface area contributed by atoms with Gasteiger partial charge in [0.15, 0.2) is 0 Å². The minimum atomic E-state index is -1.20. The van der Waals surface area contributed by atoms with Crippen LogP contribution < -0.4 is 0 Å². The predicted octanol–water partition coefficient (Wildman–Crippen LogP) is 1.38. The van der Waals surface area contributed by atoms with Crippen LogP contribution in [0.1, 0.15) is 25.7 Å². The topological polar surface area (TPSA) is 77.8 Å². The molecule has 0 aliphatic carbocycles. The zero-order valence-electron chi connectivity index (χ0n) is 9.59. The fourth-order valence-electron chi connectivity index (χ4n) is 1.85. The van der Waals surface area contributed by atoms with Crippen LogP contribution >= 0.6 is 12.4 Å². The van der Waals surface area contributed by atoms with E-state index in [4.69, 9.17) is 10.2 Å². The lowest BCUT2D eigenvalue weighted by atomic mass is 10.1. The van der Waals surface area contributed by atoms with E-state index in [2.05, 4.69) is 4.90 Å². The van der Waals surface area contributed by atoms with Gasteiger partial charge in [0.1, 0.15) is 0 Å². The molecule has 0 aromatic rings. The van der Waals surface area contributed by atoms with Gasteiger partial charge >= 0.3 is 11.9 Å². The Morgan fingerprint density at radius 2 is 1.71 bits per heavy atom. The molecule has 0 unspecified atom stereocenters. The lowest BCUT2D eigenvalue weighted by Gasteiger charge is -2.26. The molecule has 0 radical (unpaired) electrons. The molecule has 0 aromatic carbocycles. The highest BCUT2D eigenvalue weighted by Gasteiger charge is 2.14. The van der Waals surface area contributed by atoms with Gasteiger partial charge in [-0.1, -0.05) is 6.42 Å². The Kier molecular flexibility index (Phi) is 7.58. The van der Waals surface area contributed by atoms with E-state index < -0.39 is 11.9 Å². The van der Waals surface area contributed by atoms with Crippen LogP contribution in [0.5, 0.6) is 0 Å². The van der Waals surface area contributed by atoms with Crippen LogP contribution in [0.2, 0.25) is 0 Å². The minimum absolute atomic E-state index is 0. The Bertz CT molecular complexity index is 298. The second-order valence-corrected chi connectivity index (χ2v) is 3.97. The average Bonchev–Trinajstić information content (AvgIpc) is 2.25. The Hall–Kier alpha value is -1.07. The van der Waals surface area contributed by atoms with Crippen molar-refractivity contribution in [3.63, 3.8) is 0 Å². The molecule has 17 heavy (non-hydrogen) atoms. The van der Waals surface area contributed by atoms with Crippen molar-refractivity contribution >= 4 is 24.3 Å². The largest absolute Gasteiger partial charge is 0.478 e. The van der Waals surface area contributed by atoms with E-state index in [-0.39, 0.29) is 18.0 Å². The van der Waals surface area contributed by atoms with Gasteiger partial charge in [0.25, 0.3) is 0 Å². The summed E-state index contributed by atoms with van der Waals surface area (Å²) in [5.74, 6) is -2.34. The number of carbonyl (C=O) groups is 2. The molecular weight excluding hydrogens is 246 g/mol. The maximum Gasteiger partial charge on any atom is 0.331 e. The molecule has 0 bridgehead atoms. The molecule has 0 spiro atoms. The van der Waals surface area contributed by atoms with Gasteiger partial charge in [0.05, 0.1) is 0 Å². The van der Waals surface area contributed by atoms with Gasteiger partial charge in [0.2, 0.25) is 0 Å². The number of likely N-dealkylation sites (tertiary alicyclic amines) is 1. The predicted molar refractivity (Wildman–Crippen MR) is 65.5 cm³/mol. The normalized spacial score (nSPS) is 17.3. The van der Waals surface area contributed by atoms with Crippen molar-refractivity contribution in [3.05, 3.63) is 11.6 Å². The molecule has 0 aromatic heterocycles. The number of aliphatic carboxylic acids is 2. The molecule has 0 amide bonds. The molecule has 98 valence electrons. The van der Waals surface area contributed by atoms with Crippen LogP contribution in [-0.4, -0.2) is 46.7 Å². The van der Waals surface area contributed by atoms with Gasteiger partial charge in [-0.2, -0.15) is 0 Å². The average molecular weight is 264 g/mol. The van der Waals surface area contributed by atoms with Crippen molar-refractivity contribution < 1.29 is 19.8 Å². The van der Waals surface area contributed by atoms with Gasteiger partial charge in [0, 0.05) is 18.2 Å². The van der Waals surface area contributed by atoms with Crippen LogP contribution in [0.4, 0.5) is 0 Å². The van der Waals surface area contributed by atoms with Crippen LogP contribution in [0.15, 0.2) is 11.6 Å². The number of nitrogens with zero attached hydrogens (tertiary/aromatic N) is 1. The Morgan fingerprint density at radius 3 is 2.18 bits per heavy atom. The number of carboxylic acid groups (broad SMARTS) is 2. The molecule has 1 aliphatic heterocycles. The standard InChI is InChI=1S/C11H17NO4.ClH/c13-10(14)8-9(11(15)16)4-7-12-5-2-1-3-6-12;/h8H,1-7H2,(H,13,14)(H,15,16);1H. The summed E-state index contributed by atoms with van der Waals surface area (Å²) in [5, 5.41) is 17.3. The van der Waals surface area contributed by atoms with E-state index in [1.807, 2.05) is 0 Å². The van der Waals surface area contributed by atoms with Crippen LogP contribution in [0, 0.1) is 0 Å². The first-order valence-electron chi connectivity index (χ1n) is 5.49. The SMILES string of the molecule is Cl.O=C(O)C=C(CCN1CCCCC1)C(=O)O. The monoisotopic (exact) mass is 263 g/mol. The summed E-state index contributed by atoms with van der Waals surface area (Å²) in [6.07, 6.45) is 4.59. The quantitative estimate of drug-likeness (QED) is 0.733. The molecule has 2 N–H and O–H groups in total. The third-order valence-electron chi connectivity index (χ3n) is 2.72. The molecule has 0 atom stereocenters. The molecule has 1 aliphatic rings. The van der Waals surface area contributed by atoms with Crippen LogP contribution in [0.3, 0.4) is 0 Å². The van der Waals surface area contributed by atoms with E-state index >= 15 is 0 Å². The van der Waals surface area contributed by atoms with Crippen molar-refractivity contribution in [3.8, 4) is 0 Å². The fraction of sp³-hybridized carbons (Fsp3) is 0.636. The van der Waals surface area contributed by atoms with Gasteiger partial charge < -0.3 is 15.1 Å². The highest BCUT2D eigenvalue weighted by atomic mass is 35.5. The van der Waals surface area contributed by atoms with Crippen molar-refractivity contribution in [1.29, 1.82) is 0 Å². The molecule has 5 nitrogen and oxygen atoms in total. The number of hydrogen-bond donors (Lipinski definition) is 2. The smallest absolute Gasteiger partial charge is 0.331 e. The summed E-state index contributed by atoms with van der Waals surface area (Å²) < 4.78 is 0. The number of hydrogen-bond acceptors (Lipinski definition) is 3. The number of piperidine rings is 1. The van der Waals surface area contributed by atoms with Gasteiger partial charge in [-0.15, -0.1) is 12.4 Å². The highest BCUT2D eigenvalue weighted by Crippen LogP contribution is 2.11. The minimum Gasteiger partial charge on any atom is -0.478 e. The summed E-state index contributed by atoms with van der Waals surface area (Å²) >= 11 is 0. The third kappa shape index (κ3) is 6.28. The van der Waals surface area contributed by atoms with Gasteiger partial charge in [-0.05, 0) is 32.4 Å². The Labute approximate surface area is 107 Å². The first-order valence-corrected chi connectivity index (χ1v) is 5.49. The van der Waals surface area contributed by atoms with Crippen molar-refractivity contribution in [2.75, 3.05) is 19.6 Å². The van der Waals surface area contributed by atoms with Crippen molar-refractivity contribution in [1.82, 2.24) is 4.90 Å².